The fourth-order valence-electron chi connectivity index (χ4n) is 5.48. The molecule has 0 atom stereocenters. The van der Waals surface area contributed by atoms with Crippen molar-refractivity contribution in [2.75, 3.05) is 0 Å². The van der Waals surface area contributed by atoms with Crippen LogP contribution in [-0.4, -0.2) is 0 Å². The Bertz CT molecular complexity index is 1990. The molecule has 40 heavy (non-hydrogen) atoms. The molecule has 0 fully saturated rings. The molecule has 7 rings (SSSR count). The Morgan fingerprint density at radius 3 is 1.60 bits per heavy atom. The van der Waals surface area contributed by atoms with Gasteiger partial charge >= 0.3 is 0 Å². The second-order valence-electron chi connectivity index (χ2n) is 9.77. The van der Waals surface area contributed by atoms with Gasteiger partial charge in [-0.3, -0.25) is 0 Å². The van der Waals surface area contributed by atoms with Gasteiger partial charge in [-0.15, -0.1) is 11.3 Å². The van der Waals surface area contributed by atoms with Gasteiger partial charge in [0.2, 0.25) is 0 Å². The van der Waals surface area contributed by atoms with Gasteiger partial charge in [-0.25, -0.2) is 0 Å². The van der Waals surface area contributed by atoms with Crippen molar-refractivity contribution in [3.05, 3.63) is 144 Å². The van der Waals surface area contributed by atoms with Crippen LogP contribution in [-0.2, 0) is 0 Å². The Balaban J connectivity index is 1.37. The average molecular weight is 548 g/mol. The molecule has 1 nitrogen and oxygen atoms in total. The maximum absolute atomic E-state index is 10.2. The first kappa shape index (κ1) is 24.4. The number of hydrogen-bond donors (Lipinski definition) is 0. The second kappa shape index (κ2) is 10.1. The molecule has 0 aliphatic carbocycles. The van der Waals surface area contributed by atoms with Crippen molar-refractivity contribution in [2.45, 2.75) is 0 Å². The third kappa shape index (κ3) is 4.17. The number of thiophene rings is 1. The first-order valence-electron chi connectivity index (χ1n) is 13.1. The molecule has 0 aliphatic rings. The standard InChI is InChI=1S/C37H22ClNS/c38-35-16-8-15-31-30-14-7-13-29(36(30)40-37(31)35)27-19-17-24(18-20-27)28-21-32(25-9-3-1-4-10-25)34(23-39)33(22-28)26-11-5-2-6-12-26/h1-22H. The molecular weight excluding hydrogens is 526 g/mol. The zero-order chi connectivity index (χ0) is 27.1. The van der Waals surface area contributed by atoms with Crippen LogP contribution < -0.4 is 0 Å². The van der Waals surface area contributed by atoms with Crippen LogP contribution in [0.4, 0.5) is 0 Å². The molecule has 1 heterocycles. The number of hydrogen-bond acceptors (Lipinski definition) is 2. The lowest BCUT2D eigenvalue weighted by atomic mass is 9.88. The van der Waals surface area contributed by atoms with Crippen LogP contribution in [0.15, 0.2) is 133 Å². The van der Waals surface area contributed by atoms with Crippen LogP contribution in [0.5, 0.6) is 0 Å². The predicted octanol–water partition coefficient (Wildman–Crippen LogP) is 11.2. The Morgan fingerprint density at radius 2 is 1.00 bits per heavy atom. The third-order valence-electron chi connectivity index (χ3n) is 7.43. The summed E-state index contributed by atoms with van der Waals surface area (Å²) in [5.74, 6) is 0. The summed E-state index contributed by atoms with van der Waals surface area (Å²) < 4.78 is 2.37. The fraction of sp³-hybridized carbons (Fsp3) is 0. The zero-order valence-corrected chi connectivity index (χ0v) is 23.0. The summed E-state index contributed by atoms with van der Waals surface area (Å²) in [4.78, 5) is 0. The number of rotatable bonds is 4. The molecule has 0 spiro atoms. The van der Waals surface area contributed by atoms with Crippen molar-refractivity contribution >= 4 is 43.1 Å². The van der Waals surface area contributed by atoms with Crippen LogP contribution in [0, 0.1) is 11.3 Å². The normalized spacial score (nSPS) is 11.1. The van der Waals surface area contributed by atoms with E-state index >= 15 is 0 Å². The van der Waals surface area contributed by atoms with Crippen molar-refractivity contribution in [3.63, 3.8) is 0 Å². The number of fused-ring (bicyclic) bond motifs is 3. The van der Waals surface area contributed by atoms with Crippen molar-refractivity contribution in [1.82, 2.24) is 0 Å². The number of benzene rings is 6. The fourth-order valence-corrected chi connectivity index (χ4v) is 7.01. The van der Waals surface area contributed by atoms with Crippen LogP contribution in [0.25, 0.3) is 64.7 Å². The van der Waals surface area contributed by atoms with E-state index in [-0.39, 0.29) is 0 Å². The molecule has 7 aromatic rings. The van der Waals surface area contributed by atoms with Crippen molar-refractivity contribution in [3.8, 4) is 50.6 Å². The van der Waals surface area contributed by atoms with E-state index in [0.29, 0.717) is 5.56 Å². The molecule has 188 valence electrons. The maximum Gasteiger partial charge on any atom is 0.100 e. The second-order valence-corrected chi connectivity index (χ2v) is 11.2. The molecular formula is C37H22ClNS. The lowest BCUT2D eigenvalue weighted by Crippen LogP contribution is -1.92. The molecule has 0 radical (unpaired) electrons. The van der Waals surface area contributed by atoms with E-state index in [1.807, 2.05) is 48.5 Å². The molecule has 6 aromatic carbocycles. The minimum absolute atomic E-state index is 0.688. The van der Waals surface area contributed by atoms with Crippen LogP contribution in [0.2, 0.25) is 5.02 Å². The van der Waals surface area contributed by atoms with Gasteiger partial charge in [0.15, 0.2) is 0 Å². The highest BCUT2D eigenvalue weighted by atomic mass is 35.5. The minimum Gasteiger partial charge on any atom is -0.192 e. The maximum atomic E-state index is 10.2. The van der Waals surface area contributed by atoms with E-state index in [4.69, 9.17) is 11.6 Å². The van der Waals surface area contributed by atoms with E-state index < -0.39 is 0 Å². The molecule has 0 bridgehead atoms. The van der Waals surface area contributed by atoms with Crippen molar-refractivity contribution in [1.29, 1.82) is 5.26 Å². The summed E-state index contributed by atoms with van der Waals surface area (Å²) in [6.45, 7) is 0. The van der Waals surface area contributed by atoms with Gasteiger partial charge in [0.05, 0.1) is 15.3 Å². The van der Waals surface area contributed by atoms with Crippen molar-refractivity contribution < 1.29 is 0 Å². The SMILES string of the molecule is N#Cc1c(-c2ccccc2)cc(-c2ccc(-c3cccc4c3sc3c(Cl)cccc34)cc2)cc1-c1ccccc1. The first-order chi connectivity index (χ1) is 19.7. The Labute approximate surface area is 242 Å². The number of nitriles is 1. The first-order valence-corrected chi connectivity index (χ1v) is 14.3. The highest BCUT2D eigenvalue weighted by molar-refractivity contribution is 7.27. The highest BCUT2D eigenvalue weighted by Gasteiger charge is 2.16. The van der Waals surface area contributed by atoms with Gasteiger partial charge < -0.3 is 0 Å². The monoisotopic (exact) mass is 547 g/mol. The quantitative estimate of drug-likeness (QED) is 0.215. The van der Waals surface area contributed by atoms with Gasteiger partial charge in [-0.1, -0.05) is 127 Å². The Morgan fingerprint density at radius 1 is 0.475 bits per heavy atom. The lowest BCUT2D eigenvalue weighted by Gasteiger charge is -2.14. The Kier molecular flexibility index (Phi) is 6.17. The molecule has 1 aromatic heterocycles. The summed E-state index contributed by atoms with van der Waals surface area (Å²) in [5, 5.41) is 13.5. The van der Waals surface area contributed by atoms with E-state index in [9.17, 15) is 5.26 Å². The third-order valence-corrected chi connectivity index (χ3v) is 9.14. The largest absolute Gasteiger partial charge is 0.192 e. The molecule has 0 N–H and O–H groups in total. The van der Waals surface area contributed by atoms with E-state index in [1.165, 1.54) is 21.0 Å². The summed E-state index contributed by atoms with van der Waals surface area (Å²) in [6, 6.07) is 48.5. The highest BCUT2D eigenvalue weighted by Crippen LogP contribution is 2.43. The summed E-state index contributed by atoms with van der Waals surface area (Å²) in [5.41, 5.74) is 9.19. The van der Waals surface area contributed by atoms with Gasteiger partial charge in [0.1, 0.15) is 6.07 Å². The van der Waals surface area contributed by atoms with E-state index in [2.05, 4.69) is 91.0 Å². The van der Waals surface area contributed by atoms with Crippen LogP contribution in [0.3, 0.4) is 0 Å². The number of nitrogens with zero attached hydrogens (tertiary/aromatic N) is 1. The Hall–Kier alpha value is -4.68. The van der Waals surface area contributed by atoms with E-state index in [1.54, 1.807) is 11.3 Å². The molecule has 0 saturated heterocycles. The minimum atomic E-state index is 0.688. The van der Waals surface area contributed by atoms with Crippen molar-refractivity contribution in [2.24, 2.45) is 0 Å². The number of halogens is 1. The lowest BCUT2D eigenvalue weighted by molar-refractivity contribution is 1.47. The molecule has 0 unspecified atom stereocenters. The summed E-state index contributed by atoms with van der Waals surface area (Å²) in [7, 11) is 0. The zero-order valence-electron chi connectivity index (χ0n) is 21.4. The van der Waals surface area contributed by atoms with Gasteiger partial charge in [-0.05, 0) is 51.6 Å². The van der Waals surface area contributed by atoms with Gasteiger partial charge in [0, 0.05) is 26.6 Å². The molecule has 0 aliphatic heterocycles. The topological polar surface area (TPSA) is 23.8 Å². The van der Waals surface area contributed by atoms with Crippen LogP contribution in [0.1, 0.15) is 5.56 Å². The van der Waals surface area contributed by atoms with Crippen LogP contribution >= 0.6 is 22.9 Å². The summed E-state index contributed by atoms with van der Waals surface area (Å²) >= 11 is 8.29. The summed E-state index contributed by atoms with van der Waals surface area (Å²) in [6.07, 6.45) is 0. The van der Waals surface area contributed by atoms with Gasteiger partial charge in [0.25, 0.3) is 0 Å². The molecule has 0 amide bonds. The smallest absolute Gasteiger partial charge is 0.100 e. The average Bonchev–Trinajstić information content (AvgIpc) is 3.42. The van der Waals surface area contributed by atoms with Gasteiger partial charge in [-0.2, -0.15) is 5.26 Å². The molecule has 0 saturated carbocycles. The molecule has 3 heteroatoms. The van der Waals surface area contributed by atoms with E-state index in [0.717, 1.165) is 48.7 Å². The predicted molar refractivity (Wildman–Crippen MR) is 171 cm³/mol.